The minimum atomic E-state index is -0.407. The lowest BCUT2D eigenvalue weighted by Gasteiger charge is -2.37. The number of H-pyrrole nitrogens is 1. The zero-order valence-electron chi connectivity index (χ0n) is 10.6. The highest BCUT2D eigenvalue weighted by Gasteiger charge is 2.39. The van der Waals surface area contributed by atoms with E-state index < -0.39 is 5.41 Å². The largest absolute Gasteiger partial charge is 0.348 e. The first kappa shape index (κ1) is 12.9. The Kier molecular flexibility index (Phi) is 3.90. The van der Waals surface area contributed by atoms with Gasteiger partial charge in [0.2, 0.25) is 5.91 Å². The van der Waals surface area contributed by atoms with Crippen LogP contribution in [0.4, 0.5) is 0 Å². The number of tetrazole rings is 1. The standard InChI is InChI=1S/C11H20N6O/c1-8-2-4-11(7-12,5-3-8)10(18)13-6-9-14-16-17-15-9/h8H,2-7,12H2,1H3,(H,13,18)(H,14,15,16,17). The molecule has 1 heterocycles. The minimum Gasteiger partial charge on any atom is -0.348 e. The fraction of sp³-hybridized carbons (Fsp3) is 0.818. The number of amides is 1. The Balaban J connectivity index is 1.93. The van der Waals surface area contributed by atoms with Gasteiger partial charge in [0.25, 0.3) is 0 Å². The summed E-state index contributed by atoms with van der Waals surface area (Å²) in [4.78, 5) is 12.3. The third-order valence-electron chi connectivity index (χ3n) is 3.90. The van der Waals surface area contributed by atoms with Crippen LogP contribution in [0.3, 0.4) is 0 Å². The zero-order chi connectivity index (χ0) is 13.0. The van der Waals surface area contributed by atoms with Crippen LogP contribution in [-0.2, 0) is 11.3 Å². The second-order valence-corrected chi connectivity index (χ2v) is 5.18. The van der Waals surface area contributed by atoms with Crippen LogP contribution in [0.15, 0.2) is 0 Å². The monoisotopic (exact) mass is 252 g/mol. The number of nitrogens with zero attached hydrogens (tertiary/aromatic N) is 3. The zero-order valence-corrected chi connectivity index (χ0v) is 10.6. The molecule has 0 spiro atoms. The molecule has 0 radical (unpaired) electrons. The molecule has 1 aromatic heterocycles. The summed E-state index contributed by atoms with van der Waals surface area (Å²) in [6.45, 7) is 2.92. The first-order valence-electron chi connectivity index (χ1n) is 6.37. The van der Waals surface area contributed by atoms with Gasteiger partial charge in [-0.1, -0.05) is 12.1 Å². The number of carbonyl (C=O) groups is 1. The number of aromatic amines is 1. The fourth-order valence-corrected chi connectivity index (χ4v) is 2.44. The van der Waals surface area contributed by atoms with Crippen molar-refractivity contribution in [2.24, 2.45) is 17.1 Å². The molecule has 7 heteroatoms. The summed E-state index contributed by atoms with van der Waals surface area (Å²) in [6, 6.07) is 0. The van der Waals surface area contributed by atoms with Gasteiger partial charge in [-0.05, 0) is 31.6 Å². The van der Waals surface area contributed by atoms with Crippen LogP contribution in [0.2, 0.25) is 0 Å². The van der Waals surface area contributed by atoms with E-state index in [-0.39, 0.29) is 5.91 Å². The number of aromatic nitrogens is 4. The molecular formula is C11H20N6O. The molecule has 4 N–H and O–H groups in total. The van der Waals surface area contributed by atoms with Gasteiger partial charge in [0.1, 0.15) is 0 Å². The lowest BCUT2D eigenvalue weighted by atomic mass is 9.70. The summed E-state index contributed by atoms with van der Waals surface area (Å²) in [6.07, 6.45) is 3.85. The maximum atomic E-state index is 12.3. The van der Waals surface area contributed by atoms with Crippen LogP contribution >= 0.6 is 0 Å². The maximum Gasteiger partial charge on any atom is 0.227 e. The van der Waals surface area contributed by atoms with Gasteiger partial charge in [-0.15, -0.1) is 10.2 Å². The lowest BCUT2D eigenvalue weighted by molar-refractivity contribution is -0.133. The van der Waals surface area contributed by atoms with Crippen LogP contribution in [0.5, 0.6) is 0 Å². The molecule has 0 saturated heterocycles. The van der Waals surface area contributed by atoms with E-state index >= 15 is 0 Å². The van der Waals surface area contributed by atoms with E-state index in [9.17, 15) is 4.79 Å². The van der Waals surface area contributed by atoms with Crippen LogP contribution in [0, 0.1) is 11.3 Å². The number of rotatable bonds is 4. The van der Waals surface area contributed by atoms with Gasteiger partial charge in [0.05, 0.1) is 12.0 Å². The van der Waals surface area contributed by atoms with Crippen LogP contribution in [0.25, 0.3) is 0 Å². The van der Waals surface area contributed by atoms with Gasteiger partial charge in [0.15, 0.2) is 5.82 Å². The van der Waals surface area contributed by atoms with Gasteiger partial charge in [-0.2, -0.15) is 5.21 Å². The van der Waals surface area contributed by atoms with Crippen molar-refractivity contribution in [3.05, 3.63) is 5.82 Å². The number of carbonyl (C=O) groups excluding carboxylic acids is 1. The summed E-state index contributed by atoms with van der Waals surface area (Å²) in [5.41, 5.74) is 5.42. The second kappa shape index (κ2) is 5.43. The molecule has 2 rings (SSSR count). The van der Waals surface area contributed by atoms with Crippen molar-refractivity contribution in [3.8, 4) is 0 Å². The smallest absolute Gasteiger partial charge is 0.227 e. The molecule has 0 aliphatic heterocycles. The third-order valence-corrected chi connectivity index (χ3v) is 3.90. The van der Waals surface area contributed by atoms with Crippen molar-refractivity contribution in [3.63, 3.8) is 0 Å². The molecule has 1 aliphatic carbocycles. The Labute approximate surface area is 106 Å². The molecule has 0 unspecified atom stereocenters. The predicted molar refractivity (Wildman–Crippen MR) is 65.1 cm³/mol. The Bertz CT molecular complexity index is 382. The second-order valence-electron chi connectivity index (χ2n) is 5.18. The van der Waals surface area contributed by atoms with Gasteiger partial charge in [-0.3, -0.25) is 4.79 Å². The summed E-state index contributed by atoms with van der Waals surface area (Å²) >= 11 is 0. The van der Waals surface area contributed by atoms with Crippen molar-refractivity contribution >= 4 is 5.91 Å². The number of hydrogen-bond donors (Lipinski definition) is 3. The number of nitrogens with two attached hydrogens (primary N) is 1. The number of hydrogen-bond acceptors (Lipinski definition) is 5. The molecule has 7 nitrogen and oxygen atoms in total. The lowest BCUT2D eigenvalue weighted by Crippen LogP contribution is -2.47. The Hall–Kier alpha value is -1.50. The molecule has 0 aromatic carbocycles. The van der Waals surface area contributed by atoms with E-state index in [1.807, 2.05) is 0 Å². The molecule has 18 heavy (non-hydrogen) atoms. The minimum absolute atomic E-state index is 0.0155. The molecule has 1 aliphatic rings. The van der Waals surface area contributed by atoms with Crippen molar-refractivity contribution in [1.82, 2.24) is 25.9 Å². The molecular weight excluding hydrogens is 232 g/mol. The molecule has 1 saturated carbocycles. The van der Waals surface area contributed by atoms with Crippen LogP contribution in [-0.4, -0.2) is 33.1 Å². The van der Waals surface area contributed by atoms with E-state index in [4.69, 9.17) is 5.73 Å². The fourth-order valence-electron chi connectivity index (χ4n) is 2.44. The first-order valence-corrected chi connectivity index (χ1v) is 6.37. The van der Waals surface area contributed by atoms with Gasteiger partial charge < -0.3 is 11.1 Å². The van der Waals surface area contributed by atoms with Crippen molar-refractivity contribution in [1.29, 1.82) is 0 Å². The molecule has 0 atom stereocenters. The van der Waals surface area contributed by atoms with Crippen molar-refractivity contribution in [2.45, 2.75) is 39.2 Å². The van der Waals surface area contributed by atoms with Crippen LogP contribution < -0.4 is 11.1 Å². The van der Waals surface area contributed by atoms with Gasteiger partial charge in [-0.25, -0.2) is 0 Å². The molecule has 0 bridgehead atoms. The third kappa shape index (κ3) is 2.66. The van der Waals surface area contributed by atoms with E-state index in [1.54, 1.807) is 0 Å². The summed E-state index contributed by atoms with van der Waals surface area (Å²) < 4.78 is 0. The summed E-state index contributed by atoms with van der Waals surface area (Å²) in [5.74, 6) is 1.19. The quantitative estimate of drug-likeness (QED) is 0.697. The maximum absolute atomic E-state index is 12.3. The summed E-state index contributed by atoms with van der Waals surface area (Å²) in [7, 11) is 0. The SMILES string of the molecule is CC1CCC(CN)(C(=O)NCc2nn[nH]n2)CC1. The Morgan fingerprint density at radius 1 is 1.56 bits per heavy atom. The van der Waals surface area contributed by atoms with Gasteiger partial charge in [0, 0.05) is 6.54 Å². The van der Waals surface area contributed by atoms with Gasteiger partial charge >= 0.3 is 0 Å². The Morgan fingerprint density at radius 2 is 2.28 bits per heavy atom. The number of nitrogens with one attached hydrogen (secondary N) is 2. The molecule has 100 valence electrons. The van der Waals surface area contributed by atoms with E-state index in [0.29, 0.717) is 24.8 Å². The molecule has 1 fully saturated rings. The summed E-state index contributed by atoms with van der Waals surface area (Å²) in [5, 5.41) is 16.3. The highest BCUT2D eigenvalue weighted by atomic mass is 16.2. The highest BCUT2D eigenvalue weighted by molar-refractivity contribution is 5.82. The first-order chi connectivity index (χ1) is 8.66. The molecule has 1 aromatic rings. The van der Waals surface area contributed by atoms with E-state index in [1.165, 1.54) is 0 Å². The van der Waals surface area contributed by atoms with Crippen molar-refractivity contribution in [2.75, 3.05) is 6.54 Å². The predicted octanol–water partition coefficient (Wildman–Crippen LogP) is -0.0289. The molecule has 1 amide bonds. The Morgan fingerprint density at radius 3 is 2.83 bits per heavy atom. The van der Waals surface area contributed by atoms with E-state index in [0.717, 1.165) is 25.7 Å². The van der Waals surface area contributed by atoms with Crippen molar-refractivity contribution < 1.29 is 4.79 Å². The van der Waals surface area contributed by atoms with E-state index in [2.05, 4.69) is 32.9 Å². The topological polar surface area (TPSA) is 110 Å². The average molecular weight is 252 g/mol. The normalized spacial score (nSPS) is 28.0. The highest BCUT2D eigenvalue weighted by Crippen LogP contribution is 2.38. The van der Waals surface area contributed by atoms with Crippen LogP contribution in [0.1, 0.15) is 38.4 Å². The average Bonchev–Trinajstić information content (AvgIpc) is 2.90.